The average Bonchev–Trinajstić information content (AvgIpc) is 2.47. The highest BCUT2D eigenvalue weighted by Crippen LogP contribution is 2.23. The molecule has 0 radical (unpaired) electrons. The van der Waals surface area contributed by atoms with Crippen LogP contribution >= 0.6 is 0 Å². The smallest absolute Gasteiger partial charge is 0.150 e. The van der Waals surface area contributed by atoms with Gasteiger partial charge in [-0.25, -0.2) is 9.78 Å². The molecule has 104 valence electrons. The molecule has 2 N–H and O–H groups in total. The third-order valence-electron chi connectivity index (χ3n) is 3.00. The summed E-state index contributed by atoms with van der Waals surface area (Å²) in [6.45, 7) is 1.61. The lowest BCUT2D eigenvalue weighted by Gasteiger charge is -2.18. The van der Waals surface area contributed by atoms with Crippen molar-refractivity contribution in [1.29, 1.82) is 0 Å². The number of carbonyl (C=O) groups is 1. The van der Waals surface area contributed by atoms with Crippen LogP contribution in [0.4, 0.5) is 0 Å². The topological polar surface area (TPSA) is 76.0 Å². The number of allylic oxidation sites excluding steroid dienone is 3. The molecule has 1 heterocycles. The molecule has 1 aliphatic heterocycles. The highest BCUT2D eigenvalue weighted by molar-refractivity contribution is 5.81. The van der Waals surface area contributed by atoms with Gasteiger partial charge >= 0.3 is 0 Å². The fraction of sp³-hybridized carbons (Fsp3) is 0.500. The predicted molar refractivity (Wildman–Crippen MR) is 68.8 cm³/mol. The van der Waals surface area contributed by atoms with Crippen LogP contribution in [0.2, 0.25) is 0 Å². The molecule has 1 rings (SSSR count). The first kappa shape index (κ1) is 15.6. The zero-order valence-electron chi connectivity index (χ0n) is 10.8. The molecule has 0 saturated heterocycles. The van der Waals surface area contributed by atoms with Gasteiger partial charge in [-0.05, 0) is 37.0 Å². The molecule has 0 aromatic carbocycles. The van der Waals surface area contributed by atoms with Crippen molar-refractivity contribution in [1.82, 2.24) is 0 Å². The summed E-state index contributed by atoms with van der Waals surface area (Å²) >= 11 is 0. The van der Waals surface area contributed by atoms with Crippen LogP contribution in [0.25, 0.3) is 0 Å². The maximum Gasteiger partial charge on any atom is 0.150 e. The molecule has 0 bridgehead atoms. The molecular formula is C14H18O5. The van der Waals surface area contributed by atoms with Crippen molar-refractivity contribution in [3.63, 3.8) is 0 Å². The van der Waals surface area contributed by atoms with E-state index < -0.39 is 12.2 Å². The van der Waals surface area contributed by atoms with Gasteiger partial charge in [-0.1, -0.05) is 5.92 Å². The number of aliphatic hydroxyl groups excluding tert-OH is 2. The Morgan fingerprint density at radius 1 is 1.63 bits per heavy atom. The van der Waals surface area contributed by atoms with Gasteiger partial charge in [0.25, 0.3) is 0 Å². The standard InChI is InChI=1S/C14H18O5/c1-3-4-11(7-15)12-5-6-13(17)14(8-16)19-18-9-10(12)2/h1,4,7,13-14,16-17H,5-6,8-9H2,2H3/b11-4-,12-10+/t13-,14+/m0/s1. The van der Waals surface area contributed by atoms with E-state index >= 15 is 0 Å². The van der Waals surface area contributed by atoms with Crippen molar-refractivity contribution in [3.05, 3.63) is 22.8 Å². The summed E-state index contributed by atoms with van der Waals surface area (Å²) in [5.41, 5.74) is 1.95. The molecule has 0 aliphatic carbocycles. The zero-order chi connectivity index (χ0) is 14.3. The van der Waals surface area contributed by atoms with E-state index in [1.807, 2.05) is 0 Å². The molecule has 0 aromatic rings. The molecule has 5 heteroatoms. The third-order valence-corrected chi connectivity index (χ3v) is 3.00. The number of hydrogen-bond acceptors (Lipinski definition) is 5. The largest absolute Gasteiger partial charge is 0.393 e. The van der Waals surface area contributed by atoms with E-state index in [-0.39, 0.29) is 13.2 Å². The number of aliphatic hydroxyl groups is 2. The number of carbonyl (C=O) groups excluding carboxylic acids is 1. The second kappa shape index (κ2) is 7.87. The fourth-order valence-electron chi connectivity index (χ4n) is 1.88. The monoisotopic (exact) mass is 266 g/mol. The van der Waals surface area contributed by atoms with Crippen molar-refractivity contribution in [2.75, 3.05) is 13.2 Å². The molecule has 0 saturated carbocycles. The lowest BCUT2D eigenvalue weighted by molar-refractivity contribution is -0.337. The molecule has 5 nitrogen and oxygen atoms in total. The van der Waals surface area contributed by atoms with E-state index in [2.05, 4.69) is 5.92 Å². The molecule has 0 spiro atoms. The van der Waals surface area contributed by atoms with Crippen LogP contribution in [0.15, 0.2) is 22.8 Å². The van der Waals surface area contributed by atoms with Crippen molar-refractivity contribution in [2.45, 2.75) is 32.0 Å². The summed E-state index contributed by atoms with van der Waals surface area (Å²) in [4.78, 5) is 21.0. The Morgan fingerprint density at radius 3 is 2.95 bits per heavy atom. The first-order valence-corrected chi connectivity index (χ1v) is 6.01. The van der Waals surface area contributed by atoms with Crippen molar-refractivity contribution in [2.24, 2.45) is 0 Å². The van der Waals surface area contributed by atoms with Crippen LogP contribution in [-0.4, -0.2) is 41.9 Å². The van der Waals surface area contributed by atoms with Crippen LogP contribution in [0.3, 0.4) is 0 Å². The lowest BCUT2D eigenvalue weighted by Crippen LogP contribution is -2.32. The Labute approximate surface area is 112 Å². The summed E-state index contributed by atoms with van der Waals surface area (Å²) in [5.74, 6) is 2.32. The van der Waals surface area contributed by atoms with Crippen molar-refractivity contribution < 1.29 is 24.8 Å². The van der Waals surface area contributed by atoms with Crippen LogP contribution in [0.5, 0.6) is 0 Å². The number of terminal acetylenes is 1. The van der Waals surface area contributed by atoms with Crippen LogP contribution in [-0.2, 0) is 14.6 Å². The van der Waals surface area contributed by atoms with Gasteiger partial charge in [0.15, 0.2) is 6.29 Å². The SMILES string of the molecule is C#C/C=C(C=O)\C1=C(/C)COO[C@H](CO)[C@@H](O)CC1. The van der Waals surface area contributed by atoms with E-state index in [0.29, 0.717) is 24.7 Å². The van der Waals surface area contributed by atoms with E-state index in [4.69, 9.17) is 21.3 Å². The molecule has 1 aliphatic rings. The zero-order valence-corrected chi connectivity index (χ0v) is 10.8. The Kier molecular flexibility index (Phi) is 6.46. The van der Waals surface area contributed by atoms with Crippen molar-refractivity contribution >= 4 is 6.29 Å². The predicted octanol–water partition coefficient (Wildman–Crippen LogP) is 0.525. The Morgan fingerprint density at radius 2 is 2.37 bits per heavy atom. The molecule has 2 atom stereocenters. The molecular weight excluding hydrogens is 248 g/mol. The van der Waals surface area contributed by atoms with Gasteiger partial charge in [0.05, 0.1) is 12.7 Å². The van der Waals surface area contributed by atoms with Crippen molar-refractivity contribution in [3.8, 4) is 12.3 Å². The van der Waals surface area contributed by atoms with Gasteiger partial charge in [0.1, 0.15) is 12.7 Å². The maximum absolute atomic E-state index is 11.1. The van der Waals surface area contributed by atoms with E-state index in [1.165, 1.54) is 6.08 Å². The summed E-state index contributed by atoms with van der Waals surface area (Å²) in [7, 11) is 0. The highest BCUT2D eigenvalue weighted by Gasteiger charge is 2.23. The second-order valence-corrected chi connectivity index (χ2v) is 4.33. The molecule has 19 heavy (non-hydrogen) atoms. The van der Waals surface area contributed by atoms with Crippen LogP contribution < -0.4 is 0 Å². The number of rotatable bonds is 3. The van der Waals surface area contributed by atoms with Gasteiger partial charge in [0.2, 0.25) is 0 Å². The molecule has 0 unspecified atom stereocenters. The summed E-state index contributed by atoms with van der Waals surface area (Å²) < 4.78 is 0. The van der Waals surface area contributed by atoms with Gasteiger partial charge in [-0.2, -0.15) is 0 Å². The average molecular weight is 266 g/mol. The van der Waals surface area contributed by atoms with Gasteiger partial charge in [0, 0.05) is 5.57 Å². The van der Waals surface area contributed by atoms with E-state index in [9.17, 15) is 9.90 Å². The van der Waals surface area contributed by atoms with Crippen LogP contribution in [0, 0.1) is 12.3 Å². The Hall–Kier alpha value is -1.45. The first-order valence-electron chi connectivity index (χ1n) is 6.01. The molecule has 0 fully saturated rings. The normalized spacial score (nSPS) is 29.9. The van der Waals surface area contributed by atoms with Gasteiger partial charge in [-0.3, -0.25) is 4.79 Å². The Bertz CT molecular complexity index is 416. The minimum absolute atomic E-state index is 0.147. The Balaban J connectivity index is 2.97. The summed E-state index contributed by atoms with van der Waals surface area (Å²) in [6.07, 6.45) is 6.41. The molecule has 0 amide bonds. The second-order valence-electron chi connectivity index (χ2n) is 4.33. The van der Waals surface area contributed by atoms with E-state index in [1.54, 1.807) is 6.92 Å². The third kappa shape index (κ3) is 4.30. The lowest BCUT2D eigenvalue weighted by atomic mass is 9.94. The van der Waals surface area contributed by atoms with Crippen LogP contribution in [0.1, 0.15) is 19.8 Å². The highest BCUT2D eigenvalue weighted by atomic mass is 17.2. The first-order chi connectivity index (χ1) is 9.13. The van der Waals surface area contributed by atoms with Gasteiger partial charge in [-0.15, -0.1) is 6.42 Å². The summed E-state index contributed by atoms with van der Waals surface area (Å²) in [5, 5.41) is 18.9. The number of aldehydes is 1. The summed E-state index contributed by atoms with van der Waals surface area (Å²) in [6, 6.07) is 0. The minimum atomic E-state index is -0.871. The minimum Gasteiger partial charge on any atom is -0.393 e. The fourth-order valence-corrected chi connectivity index (χ4v) is 1.88. The van der Waals surface area contributed by atoms with Gasteiger partial charge < -0.3 is 10.2 Å². The molecule has 0 aromatic heterocycles. The quantitative estimate of drug-likeness (QED) is 0.337. The van der Waals surface area contributed by atoms with E-state index in [0.717, 1.165) is 11.1 Å². The number of hydrogen-bond donors (Lipinski definition) is 2. The maximum atomic E-state index is 11.1.